The summed E-state index contributed by atoms with van der Waals surface area (Å²) in [6.07, 6.45) is 9.94. The van der Waals surface area contributed by atoms with Gasteiger partial charge in [-0.15, -0.1) is 0 Å². The van der Waals surface area contributed by atoms with Gasteiger partial charge < -0.3 is 5.11 Å². The molecule has 4 bridgehead atoms. The van der Waals surface area contributed by atoms with Crippen molar-refractivity contribution in [3.05, 3.63) is 34.2 Å². The highest BCUT2D eigenvalue weighted by Gasteiger charge is 2.51. The molecule has 0 spiro atoms. The monoisotopic (exact) mass is 385 g/mol. The summed E-state index contributed by atoms with van der Waals surface area (Å²) in [7, 11) is 1.70. The molecule has 4 aliphatic carbocycles. The van der Waals surface area contributed by atoms with Crippen LogP contribution in [0, 0.1) is 17.8 Å². The van der Waals surface area contributed by atoms with E-state index in [9.17, 15) is 9.90 Å². The normalized spacial score (nSPS) is 37.2. The Kier molecular flexibility index (Phi) is 3.77. The van der Waals surface area contributed by atoms with Crippen LogP contribution in [0.3, 0.4) is 0 Å². The lowest BCUT2D eigenvalue weighted by Gasteiger charge is -2.57. The summed E-state index contributed by atoms with van der Waals surface area (Å²) >= 11 is 6.52. The molecule has 1 aromatic carbocycles. The van der Waals surface area contributed by atoms with Crippen molar-refractivity contribution in [3.8, 4) is 5.75 Å². The number of aromatic hydroxyl groups is 1. The van der Waals surface area contributed by atoms with Crippen molar-refractivity contribution in [1.29, 1.82) is 0 Å². The molecule has 6 rings (SSSR count). The number of likely N-dealkylation sites (N-methyl/N-ethyl adjacent to an activating group) is 1. The van der Waals surface area contributed by atoms with E-state index in [1.54, 1.807) is 7.05 Å². The molecule has 136 valence electrons. The number of phenolic OH excluding ortho intramolecular Hbond substituents is 1. The van der Waals surface area contributed by atoms with E-state index in [1.807, 2.05) is 12.1 Å². The van der Waals surface area contributed by atoms with Crippen molar-refractivity contribution in [2.75, 3.05) is 7.05 Å². The number of hydrogen-bond donors (Lipinski definition) is 1. The van der Waals surface area contributed by atoms with Crippen LogP contribution in [-0.4, -0.2) is 27.3 Å². The molecule has 0 atom stereocenters. The fourth-order valence-corrected chi connectivity index (χ4v) is 7.32. The topological polar surface area (TPSA) is 40.5 Å². The number of carbonyl (C=O) groups is 1. The van der Waals surface area contributed by atoms with Gasteiger partial charge in [-0.25, -0.2) is 0 Å². The third-order valence-corrected chi connectivity index (χ3v) is 8.44. The molecule has 0 aromatic heterocycles. The third kappa shape index (κ3) is 2.55. The van der Waals surface area contributed by atoms with Gasteiger partial charge in [-0.1, -0.05) is 30.0 Å². The van der Waals surface area contributed by atoms with E-state index in [0.29, 0.717) is 9.23 Å². The van der Waals surface area contributed by atoms with Crippen molar-refractivity contribution < 1.29 is 9.90 Å². The first-order chi connectivity index (χ1) is 12.4. The number of benzene rings is 1. The number of carbonyl (C=O) groups excluding carboxylic acids is 1. The molecule has 1 saturated heterocycles. The van der Waals surface area contributed by atoms with Gasteiger partial charge in [0.25, 0.3) is 5.91 Å². The van der Waals surface area contributed by atoms with Gasteiger partial charge in [-0.2, -0.15) is 0 Å². The number of hydrogen-bond acceptors (Lipinski definition) is 4. The second-order valence-electron chi connectivity index (χ2n) is 8.71. The Morgan fingerprint density at radius 3 is 2.35 bits per heavy atom. The number of rotatable bonds is 2. The Bertz CT molecular complexity index is 809. The first-order valence-corrected chi connectivity index (χ1v) is 10.7. The smallest absolute Gasteiger partial charge is 0.265 e. The Morgan fingerprint density at radius 2 is 1.81 bits per heavy atom. The standard InChI is InChI=1S/C21H23NO2S2/c1-22-19(24)18(26-20(22)25)8-15-7-16(2-3-17(15)23)21-9-12-4-13(10-21)6-14(5-12)11-21/h2-3,7-8,12-14,23H,4-6,9-11H2,1H3/b18-8+. The molecule has 26 heavy (non-hydrogen) atoms. The van der Waals surface area contributed by atoms with Crippen molar-refractivity contribution in [3.63, 3.8) is 0 Å². The number of amides is 1. The van der Waals surface area contributed by atoms with E-state index >= 15 is 0 Å². The van der Waals surface area contributed by atoms with Gasteiger partial charge in [0.2, 0.25) is 0 Å². The maximum absolute atomic E-state index is 12.3. The van der Waals surface area contributed by atoms with Crippen LogP contribution in [0.1, 0.15) is 49.7 Å². The molecular weight excluding hydrogens is 362 g/mol. The fraction of sp³-hybridized carbons (Fsp3) is 0.524. The van der Waals surface area contributed by atoms with E-state index in [0.717, 1.165) is 23.3 Å². The summed E-state index contributed by atoms with van der Waals surface area (Å²) in [5.41, 5.74) is 2.38. The molecule has 5 aliphatic rings. The molecule has 1 amide bonds. The Balaban J connectivity index is 1.52. The quantitative estimate of drug-likeness (QED) is 0.592. The van der Waals surface area contributed by atoms with E-state index in [1.165, 1.54) is 60.8 Å². The maximum Gasteiger partial charge on any atom is 0.265 e. The SMILES string of the molecule is CN1C(=O)/C(=C\c2cc(C34CC5CC(CC(C5)C3)C4)ccc2O)SC1=S. The van der Waals surface area contributed by atoms with Crippen LogP contribution in [0.2, 0.25) is 0 Å². The highest BCUT2D eigenvalue weighted by molar-refractivity contribution is 8.26. The van der Waals surface area contributed by atoms with Crippen LogP contribution >= 0.6 is 24.0 Å². The highest BCUT2D eigenvalue weighted by Crippen LogP contribution is 2.60. The molecule has 1 heterocycles. The largest absolute Gasteiger partial charge is 0.507 e. The zero-order chi connectivity index (χ0) is 18.1. The minimum absolute atomic E-state index is 0.0837. The molecule has 1 N–H and O–H groups in total. The average Bonchev–Trinajstić information content (AvgIpc) is 2.82. The molecule has 1 aliphatic heterocycles. The Labute approximate surface area is 163 Å². The molecule has 1 aromatic rings. The minimum Gasteiger partial charge on any atom is -0.507 e. The Morgan fingerprint density at radius 1 is 1.19 bits per heavy atom. The van der Waals surface area contributed by atoms with Gasteiger partial charge >= 0.3 is 0 Å². The summed E-state index contributed by atoms with van der Waals surface area (Å²) in [6, 6.07) is 6.06. The minimum atomic E-state index is -0.0837. The third-order valence-electron chi connectivity index (χ3n) is 6.95. The lowest BCUT2D eigenvalue weighted by Crippen LogP contribution is -2.48. The van der Waals surface area contributed by atoms with E-state index in [2.05, 4.69) is 12.1 Å². The second-order valence-corrected chi connectivity index (χ2v) is 10.4. The van der Waals surface area contributed by atoms with E-state index in [4.69, 9.17) is 12.2 Å². The first kappa shape index (κ1) is 16.8. The molecule has 5 fully saturated rings. The fourth-order valence-electron chi connectivity index (χ4n) is 6.15. The molecule has 0 radical (unpaired) electrons. The number of thiocarbonyl (C=S) groups is 1. The zero-order valence-electron chi connectivity index (χ0n) is 14.9. The van der Waals surface area contributed by atoms with Crippen LogP contribution in [-0.2, 0) is 10.2 Å². The molecule has 3 nitrogen and oxygen atoms in total. The van der Waals surface area contributed by atoms with Crippen molar-refractivity contribution in [2.24, 2.45) is 17.8 Å². The van der Waals surface area contributed by atoms with Crippen LogP contribution in [0.4, 0.5) is 0 Å². The summed E-state index contributed by atoms with van der Waals surface area (Å²) in [6.45, 7) is 0. The lowest BCUT2D eigenvalue weighted by molar-refractivity contribution is -0.121. The highest BCUT2D eigenvalue weighted by atomic mass is 32.2. The van der Waals surface area contributed by atoms with E-state index in [-0.39, 0.29) is 17.1 Å². The molecule has 4 saturated carbocycles. The van der Waals surface area contributed by atoms with Gasteiger partial charge in [-0.3, -0.25) is 9.69 Å². The predicted molar refractivity (Wildman–Crippen MR) is 109 cm³/mol. The van der Waals surface area contributed by atoms with Crippen molar-refractivity contribution in [2.45, 2.75) is 43.9 Å². The van der Waals surface area contributed by atoms with Crippen LogP contribution in [0.5, 0.6) is 5.75 Å². The van der Waals surface area contributed by atoms with Crippen LogP contribution < -0.4 is 0 Å². The van der Waals surface area contributed by atoms with Crippen molar-refractivity contribution >= 4 is 40.3 Å². The number of nitrogens with zero attached hydrogens (tertiary/aromatic N) is 1. The lowest BCUT2D eigenvalue weighted by atomic mass is 9.48. The zero-order valence-corrected chi connectivity index (χ0v) is 16.5. The Hall–Kier alpha value is -1.33. The van der Waals surface area contributed by atoms with Gasteiger partial charge in [-0.05, 0) is 85.5 Å². The van der Waals surface area contributed by atoms with Crippen LogP contribution in [0.25, 0.3) is 6.08 Å². The molecule has 5 heteroatoms. The average molecular weight is 386 g/mol. The summed E-state index contributed by atoms with van der Waals surface area (Å²) in [5, 5.41) is 10.4. The van der Waals surface area contributed by atoms with E-state index < -0.39 is 0 Å². The summed E-state index contributed by atoms with van der Waals surface area (Å²) in [5.74, 6) is 2.80. The first-order valence-electron chi connectivity index (χ1n) is 9.48. The molecular formula is C21H23NO2S2. The summed E-state index contributed by atoms with van der Waals surface area (Å²) in [4.78, 5) is 14.4. The van der Waals surface area contributed by atoms with Gasteiger partial charge in [0.15, 0.2) is 0 Å². The number of thioether (sulfide) groups is 1. The maximum atomic E-state index is 12.3. The molecule has 0 unspecified atom stereocenters. The van der Waals surface area contributed by atoms with Gasteiger partial charge in [0.05, 0.1) is 4.91 Å². The van der Waals surface area contributed by atoms with Gasteiger partial charge in [0.1, 0.15) is 10.1 Å². The van der Waals surface area contributed by atoms with Crippen molar-refractivity contribution in [1.82, 2.24) is 4.90 Å². The second kappa shape index (κ2) is 5.83. The van der Waals surface area contributed by atoms with Gasteiger partial charge in [0, 0.05) is 12.6 Å². The van der Waals surface area contributed by atoms with Crippen LogP contribution in [0.15, 0.2) is 23.1 Å². The summed E-state index contributed by atoms with van der Waals surface area (Å²) < 4.78 is 0.568. The predicted octanol–water partition coefficient (Wildman–Crippen LogP) is 4.69. The number of phenols is 1.